The molecule has 10 heteroatoms. The molecule has 150 valence electrons. The van der Waals surface area contributed by atoms with Crippen molar-refractivity contribution in [2.24, 2.45) is 0 Å². The maximum atomic E-state index is 13.9. The lowest BCUT2D eigenvalue weighted by Gasteiger charge is -2.45. The van der Waals surface area contributed by atoms with Crippen LogP contribution >= 0.6 is 0 Å². The lowest BCUT2D eigenvalue weighted by molar-refractivity contribution is -0.178. The molecular formula is C17H22F2N2O5S. The van der Waals surface area contributed by atoms with E-state index < -0.39 is 32.5 Å². The number of hydrogen-bond donors (Lipinski definition) is 0. The third-order valence-electron chi connectivity index (χ3n) is 5.02. The predicted molar refractivity (Wildman–Crippen MR) is 91.4 cm³/mol. The van der Waals surface area contributed by atoms with Crippen molar-refractivity contribution in [2.45, 2.75) is 23.3 Å². The molecule has 0 bridgehead atoms. The highest BCUT2D eigenvalue weighted by molar-refractivity contribution is 7.95. The van der Waals surface area contributed by atoms with Crippen molar-refractivity contribution in [3.63, 3.8) is 0 Å². The van der Waals surface area contributed by atoms with Gasteiger partial charge in [0.05, 0.1) is 13.2 Å². The molecule has 2 heterocycles. The lowest BCUT2D eigenvalue weighted by atomic mass is 9.89. The summed E-state index contributed by atoms with van der Waals surface area (Å²) in [4.78, 5) is 13.9. The third-order valence-corrected chi connectivity index (χ3v) is 6.96. The van der Waals surface area contributed by atoms with Crippen molar-refractivity contribution in [3.05, 3.63) is 29.8 Å². The second kappa shape index (κ2) is 7.88. The highest BCUT2D eigenvalue weighted by atomic mass is 32.3. The number of rotatable bonds is 5. The first kappa shape index (κ1) is 20.3. The molecule has 2 aliphatic rings. The molecule has 1 aromatic carbocycles. The van der Waals surface area contributed by atoms with Crippen LogP contribution in [0, 0.1) is 11.6 Å². The number of sulfonamides is 1. The number of hydrogen-bond acceptors (Lipinski definition) is 5. The number of ether oxygens (including phenoxy) is 2. The molecule has 0 aliphatic carbocycles. The van der Waals surface area contributed by atoms with Gasteiger partial charge in [0, 0.05) is 58.3 Å². The smallest absolute Gasteiger partial charge is 0.255 e. The Kier molecular flexibility index (Phi) is 5.92. The first-order valence-corrected chi connectivity index (χ1v) is 10.1. The molecule has 0 radical (unpaired) electrons. The van der Waals surface area contributed by atoms with Crippen LogP contribution < -0.4 is 0 Å². The van der Waals surface area contributed by atoms with Crippen LogP contribution in [0.5, 0.6) is 0 Å². The molecule has 7 nitrogen and oxygen atoms in total. The molecule has 3 rings (SSSR count). The van der Waals surface area contributed by atoms with E-state index in [1.807, 2.05) is 0 Å². The molecule has 0 saturated carbocycles. The van der Waals surface area contributed by atoms with Crippen molar-refractivity contribution in [3.8, 4) is 0 Å². The highest BCUT2D eigenvalue weighted by Gasteiger charge is 2.50. The van der Waals surface area contributed by atoms with Gasteiger partial charge < -0.3 is 18.9 Å². The van der Waals surface area contributed by atoms with Crippen LogP contribution in [0.1, 0.15) is 12.8 Å². The molecule has 0 aromatic heterocycles. The Morgan fingerprint density at radius 2 is 2.00 bits per heavy atom. The summed E-state index contributed by atoms with van der Waals surface area (Å²) in [6.45, 7) is 1.73. The number of carbonyl (C=O) groups excluding carboxylic acids is 1. The van der Waals surface area contributed by atoms with Crippen molar-refractivity contribution in [2.75, 3.05) is 46.5 Å². The zero-order valence-corrected chi connectivity index (χ0v) is 15.8. The normalized spacial score (nSPS) is 22.8. The summed E-state index contributed by atoms with van der Waals surface area (Å²) >= 11 is 0. The van der Waals surface area contributed by atoms with Gasteiger partial charge in [0.15, 0.2) is 16.2 Å². The Morgan fingerprint density at radius 3 is 2.63 bits per heavy atom. The fourth-order valence-corrected chi connectivity index (χ4v) is 4.97. The summed E-state index contributed by atoms with van der Waals surface area (Å²) in [5.74, 6) is -2.15. The minimum Gasteiger partial charge on any atom is -0.593 e. The van der Waals surface area contributed by atoms with Crippen molar-refractivity contribution in [1.29, 1.82) is 0 Å². The Balaban J connectivity index is 1.72. The van der Waals surface area contributed by atoms with Crippen LogP contribution in [0.3, 0.4) is 0 Å². The van der Waals surface area contributed by atoms with E-state index >= 15 is 0 Å². The van der Waals surface area contributed by atoms with Gasteiger partial charge in [0.2, 0.25) is 4.90 Å². The zero-order valence-electron chi connectivity index (χ0n) is 15.0. The van der Waals surface area contributed by atoms with E-state index in [2.05, 4.69) is 0 Å². The van der Waals surface area contributed by atoms with E-state index in [0.717, 1.165) is 16.4 Å². The minimum absolute atomic E-state index is 0.0169. The zero-order chi connectivity index (χ0) is 19.7. The number of nitrogens with zero attached hydrogens (tertiary/aromatic N) is 2. The molecule has 27 heavy (non-hydrogen) atoms. The molecular weight excluding hydrogens is 382 g/mol. The maximum absolute atomic E-state index is 13.9. The Hall–Kier alpha value is -1.46. The first-order valence-electron chi connectivity index (χ1n) is 8.68. The second-order valence-corrected chi connectivity index (χ2v) is 8.51. The predicted octanol–water partition coefficient (Wildman–Crippen LogP) is 1.21. The molecule has 2 fully saturated rings. The first-order chi connectivity index (χ1) is 12.8. The Morgan fingerprint density at radius 1 is 1.30 bits per heavy atom. The fourth-order valence-electron chi connectivity index (χ4n) is 3.49. The number of methoxy groups -OCH3 is 1. The van der Waals surface area contributed by atoms with Gasteiger partial charge in [-0.05, 0) is 6.07 Å². The fraction of sp³-hybridized carbons (Fsp3) is 0.588. The monoisotopic (exact) mass is 404 g/mol. The maximum Gasteiger partial charge on any atom is 0.255 e. The molecule has 2 aliphatic heterocycles. The summed E-state index contributed by atoms with van der Waals surface area (Å²) < 4.78 is 64.3. The van der Waals surface area contributed by atoms with Gasteiger partial charge in [-0.25, -0.2) is 8.78 Å². The lowest BCUT2D eigenvalue weighted by Crippen LogP contribution is -2.62. The quantitative estimate of drug-likeness (QED) is 0.689. The number of carbonyl (C=O) groups is 1. The van der Waals surface area contributed by atoms with Crippen LogP contribution in [-0.2, 0) is 28.9 Å². The molecule has 1 aromatic rings. The largest absolute Gasteiger partial charge is 0.593 e. The Bertz CT molecular complexity index is 755. The van der Waals surface area contributed by atoms with E-state index in [4.69, 9.17) is 9.47 Å². The van der Waals surface area contributed by atoms with Gasteiger partial charge in [-0.2, -0.15) is 0 Å². The van der Waals surface area contributed by atoms with Crippen LogP contribution in [0.25, 0.3) is 0 Å². The van der Waals surface area contributed by atoms with Crippen LogP contribution in [-0.4, -0.2) is 71.8 Å². The van der Waals surface area contributed by atoms with Crippen molar-refractivity contribution >= 4 is 16.3 Å². The Labute approximate surface area is 157 Å². The number of benzene rings is 1. The van der Waals surface area contributed by atoms with Crippen LogP contribution in [0.4, 0.5) is 8.78 Å². The van der Waals surface area contributed by atoms with E-state index in [0.29, 0.717) is 32.4 Å². The molecule has 1 unspecified atom stereocenters. The van der Waals surface area contributed by atoms with Crippen molar-refractivity contribution in [1.82, 2.24) is 9.21 Å². The SMILES string of the molecule is COCCN1CCOC2(CCN([S+](=O)([O-])c3ccc(F)cc3F)CC2)C1=O. The average Bonchev–Trinajstić information content (AvgIpc) is 2.63. The highest BCUT2D eigenvalue weighted by Crippen LogP contribution is 2.35. The summed E-state index contributed by atoms with van der Waals surface area (Å²) in [6.07, 6.45) is 0.356. The number of piperidine rings is 1. The van der Waals surface area contributed by atoms with Gasteiger partial charge in [0.25, 0.3) is 5.91 Å². The van der Waals surface area contributed by atoms with E-state index in [9.17, 15) is 22.3 Å². The number of halogens is 2. The van der Waals surface area contributed by atoms with Gasteiger partial charge in [-0.3, -0.25) is 4.79 Å². The molecule has 1 spiro atoms. The van der Waals surface area contributed by atoms with Gasteiger partial charge in [-0.15, -0.1) is 4.31 Å². The standard InChI is InChI=1S/C17H22F2N2O5S/c1-25-10-8-20-9-11-26-17(16(20)22)4-6-21(7-5-17)27(23,24)15-3-2-13(18)12-14(15)19/h2-3,12H,4-11H2,1H3. The van der Waals surface area contributed by atoms with Crippen molar-refractivity contribution < 1.29 is 31.8 Å². The topological polar surface area (TPSA) is 82.1 Å². The van der Waals surface area contributed by atoms with Gasteiger partial charge in [0.1, 0.15) is 11.4 Å². The van der Waals surface area contributed by atoms with E-state index in [1.165, 1.54) is 0 Å². The summed E-state index contributed by atoms with van der Waals surface area (Å²) in [7, 11) is -2.56. The second-order valence-electron chi connectivity index (χ2n) is 6.61. The molecule has 1 atom stereocenters. The minimum atomic E-state index is -4.12. The summed E-state index contributed by atoms with van der Waals surface area (Å²) in [5, 5.41) is 0. The third kappa shape index (κ3) is 3.90. The number of morpholine rings is 1. The summed E-state index contributed by atoms with van der Waals surface area (Å²) in [6, 6.07) is 2.36. The van der Waals surface area contributed by atoms with E-state index in [-0.39, 0.29) is 31.8 Å². The average molecular weight is 404 g/mol. The van der Waals surface area contributed by atoms with Crippen LogP contribution in [0.2, 0.25) is 0 Å². The van der Waals surface area contributed by atoms with E-state index in [1.54, 1.807) is 12.0 Å². The van der Waals surface area contributed by atoms with Crippen LogP contribution in [0.15, 0.2) is 23.1 Å². The van der Waals surface area contributed by atoms with Gasteiger partial charge in [-0.1, -0.05) is 4.21 Å². The van der Waals surface area contributed by atoms with Gasteiger partial charge >= 0.3 is 0 Å². The summed E-state index contributed by atoms with van der Waals surface area (Å²) in [5.41, 5.74) is -1.06. The molecule has 0 N–H and O–H groups in total. The molecule has 2 saturated heterocycles. The molecule has 1 amide bonds. The number of amides is 1.